The highest BCUT2D eigenvalue weighted by atomic mass is 19.1. The summed E-state index contributed by atoms with van der Waals surface area (Å²) in [5, 5.41) is 23.0. The van der Waals surface area contributed by atoms with E-state index in [1.165, 1.54) is 6.07 Å². The Balaban J connectivity index is 2.36. The molecule has 20 heavy (non-hydrogen) atoms. The van der Waals surface area contributed by atoms with Crippen molar-refractivity contribution in [3.8, 4) is 0 Å². The minimum absolute atomic E-state index is 0.0132. The number of anilines is 1. The molecule has 1 aliphatic heterocycles. The number of carboxylic acid groups (broad SMARTS) is 1. The van der Waals surface area contributed by atoms with Crippen molar-refractivity contribution in [3.05, 3.63) is 34.1 Å². The number of carboxylic acids is 1. The Labute approximate surface area is 113 Å². The molecule has 0 bridgehead atoms. The Hall–Kier alpha value is -2.22. The molecular weight excluding hydrogens is 271 g/mol. The number of halogens is 1. The van der Waals surface area contributed by atoms with E-state index in [0.29, 0.717) is 0 Å². The molecule has 1 aliphatic rings. The van der Waals surface area contributed by atoms with Gasteiger partial charge in [0.25, 0.3) is 5.69 Å². The molecule has 0 saturated carbocycles. The van der Waals surface area contributed by atoms with E-state index in [0.717, 1.165) is 12.1 Å². The largest absolute Gasteiger partial charge is 0.480 e. The number of nitro groups is 1. The number of nitrogens with one attached hydrogen (secondary N) is 1. The number of rotatable bonds is 4. The topological polar surface area (TPSA) is 102 Å². The van der Waals surface area contributed by atoms with Crippen LogP contribution < -0.4 is 5.32 Å². The Kier molecular flexibility index (Phi) is 3.84. The van der Waals surface area contributed by atoms with Crippen LogP contribution in [0.3, 0.4) is 0 Å². The van der Waals surface area contributed by atoms with Gasteiger partial charge >= 0.3 is 5.97 Å². The van der Waals surface area contributed by atoms with Gasteiger partial charge in [-0.2, -0.15) is 0 Å². The van der Waals surface area contributed by atoms with Crippen LogP contribution in [0.4, 0.5) is 15.8 Å². The number of hydrogen-bond acceptors (Lipinski definition) is 5. The van der Waals surface area contributed by atoms with Gasteiger partial charge in [0.15, 0.2) is 0 Å². The SMILES string of the molecule is O=C(O)C1(Nc2ccc(F)cc2[N+](=O)[O-])CCOCC1. The third-order valence-electron chi connectivity index (χ3n) is 3.29. The molecule has 0 aromatic heterocycles. The molecule has 0 unspecified atom stereocenters. The smallest absolute Gasteiger partial charge is 0.329 e. The van der Waals surface area contributed by atoms with E-state index in [-0.39, 0.29) is 31.7 Å². The summed E-state index contributed by atoms with van der Waals surface area (Å²) >= 11 is 0. The number of aliphatic carboxylic acids is 1. The third-order valence-corrected chi connectivity index (χ3v) is 3.29. The predicted molar refractivity (Wildman–Crippen MR) is 67.1 cm³/mol. The Morgan fingerprint density at radius 2 is 2.10 bits per heavy atom. The van der Waals surface area contributed by atoms with E-state index in [4.69, 9.17) is 4.74 Å². The fourth-order valence-electron chi connectivity index (χ4n) is 2.13. The number of benzene rings is 1. The van der Waals surface area contributed by atoms with Crippen LogP contribution in [0.15, 0.2) is 18.2 Å². The monoisotopic (exact) mass is 284 g/mol. The van der Waals surface area contributed by atoms with Crippen LogP contribution in [0.5, 0.6) is 0 Å². The molecule has 1 saturated heterocycles. The Bertz CT molecular complexity index is 543. The van der Waals surface area contributed by atoms with Crippen molar-refractivity contribution >= 4 is 17.3 Å². The summed E-state index contributed by atoms with van der Waals surface area (Å²) in [5.41, 5.74) is -1.83. The number of nitrogens with zero attached hydrogens (tertiary/aromatic N) is 1. The first-order valence-electron chi connectivity index (χ1n) is 5.98. The first kappa shape index (κ1) is 14.2. The van der Waals surface area contributed by atoms with Crippen LogP contribution in [-0.4, -0.2) is 34.8 Å². The lowest BCUT2D eigenvalue weighted by atomic mass is 9.89. The van der Waals surface area contributed by atoms with E-state index in [9.17, 15) is 24.4 Å². The third kappa shape index (κ3) is 2.69. The molecule has 108 valence electrons. The first-order chi connectivity index (χ1) is 9.44. The van der Waals surface area contributed by atoms with Crippen LogP contribution >= 0.6 is 0 Å². The highest BCUT2D eigenvalue weighted by molar-refractivity contribution is 5.84. The summed E-state index contributed by atoms with van der Waals surface area (Å²) in [4.78, 5) is 21.6. The maximum absolute atomic E-state index is 13.1. The Morgan fingerprint density at radius 1 is 1.45 bits per heavy atom. The van der Waals surface area contributed by atoms with Gasteiger partial charge in [-0.15, -0.1) is 0 Å². The minimum Gasteiger partial charge on any atom is -0.480 e. The van der Waals surface area contributed by atoms with Crippen LogP contribution in [0, 0.1) is 15.9 Å². The highest BCUT2D eigenvalue weighted by Crippen LogP contribution is 2.32. The van der Waals surface area contributed by atoms with Crippen molar-refractivity contribution in [1.29, 1.82) is 0 Å². The minimum atomic E-state index is -1.33. The predicted octanol–water partition coefficient (Wildman–Crippen LogP) is 1.78. The van der Waals surface area contributed by atoms with Crippen molar-refractivity contribution in [3.63, 3.8) is 0 Å². The van der Waals surface area contributed by atoms with Crippen LogP contribution in [0.2, 0.25) is 0 Å². The second-order valence-corrected chi connectivity index (χ2v) is 4.54. The normalized spacial score (nSPS) is 17.4. The van der Waals surface area contributed by atoms with Crippen molar-refractivity contribution < 1.29 is 24.0 Å². The van der Waals surface area contributed by atoms with E-state index in [1.54, 1.807) is 0 Å². The van der Waals surface area contributed by atoms with Crippen LogP contribution in [0.25, 0.3) is 0 Å². The quantitative estimate of drug-likeness (QED) is 0.645. The van der Waals surface area contributed by atoms with Gasteiger partial charge in [0.05, 0.1) is 11.0 Å². The molecule has 7 nitrogen and oxygen atoms in total. The first-order valence-corrected chi connectivity index (χ1v) is 5.98. The molecular formula is C12H13FN2O5. The van der Waals surface area contributed by atoms with Gasteiger partial charge in [0.2, 0.25) is 0 Å². The van der Waals surface area contributed by atoms with Crippen molar-refractivity contribution in [2.24, 2.45) is 0 Å². The Morgan fingerprint density at radius 3 is 2.65 bits per heavy atom. The van der Waals surface area contributed by atoms with Crippen LogP contribution in [0.1, 0.15) is 12.8 Å². The molecule has 0 radical (unpaired) electrons. The van der Waals surface area contributed by atoms with Crippen molar-refractivity contribution in [2.75, 3.05) is 18.5 Å². The van der Waals surface area contributed by atoms with Gasteiger partial charge < -0.3 is 15.2 Å². The zero-order valence-electron chi connectivity index (χ0n) is 10.5. The summed E-state index contributed by atoms with van der Waals surface area (Å²) in [5.74, 6) is -1.86. The number of nitro benzene ring substituents is 1. The van der Waals surface area contributed by atoms with Crippen molar-refractivity contribution in [1.82, 2.24) is 0 Å². The molecule has 2 rings (SSSR count). The molecule has 1 heterocycles. The molecule has 1 fully saturated rings. The summed E-state index contributed by atoms with van der Waals surface area (Å²) in [7, 11) is 0. The molecule has 1 aromatic carbocycles. The molecule has 8 heteroatoms. The van der Waals surface area contributed by atoms with Gasteiger partial charge in [-0.25, -0.2) is 9.18 Å². The maximum Gasteiger partial charge on any atom is 0.329 e. The second kappa shape index (κ2) is 5.41. The molecule has 0 spiro atoms. The highest BCUT2D eigenvalue weighted by Gasteiger charge is 2.41. The molecule has 0 atom stereocenters. The maximum atomic E-state index is 13.1. The number of carbonyl (C=O) groups is 1. The molecule has 0 amide bonds. The summed E-state index contributed by atoms with van der Waals surface area (Å²) in [6.45, 7) is 0.489. The number of hydrogen-bond donors (Lipinski definition) is 2. The summed E-state index contributed by atoms with van der Waals surface area (Å²) < 4.78 is 18.2. The van der Waals surface area contributed by atoms with Gasteiger partial charge in [-0.05, 0) is 12.1 Å². The van der Waals surface area contributed by atoms with Gasteiger partial charge in [-0.1, -0.05) is 0 Å². The standard InChI is InChI=1S/C12H13FN2O5/c13-8-1-2-9(10(7-8)15(18)19)14-12(11(16)17)3-5-20-6-4-12/h1-2,7,14H,3-6H2,(H,16,17). The molecule has 0 aliphatic carbocycles. The zero-order valence-corrected chi connectivity index (χ0v) is 10.5. The van der Waals surface area contributed by atoms with Gasteiger partial charge in [0.1, 0.15) is 17.0 Å². The van der Waals surface area contributed by atoms with E-state index in [1.807, 2.05) is 0 Å². The average Bonchev–Trinajstić information content (AvgIpc) is 2.41. The average molecular weight is 284 g/mol. The lowest BCUT2D eigenvalue weighted by molar-refractivity contribution is -0.384. The van der Waals surface area contributed by atoms with Gasteiger partial charge in [-0.3, -0.25) is 10.1 Å². The lowest BCUT2D eigenvalue weighted by Gasteiger charge is -2.34. The second-order valence-electron chi connectivity index (χ2n) is 4.54. The fourth-order valence-corrected chi connectivity index (χ4v) is 2.13. The molecule has 2 N–H and O–H groups in total. The fraction of sp³-hybridized carbons (Fsp3) is 0.417. The lowest BCUT2D eigenvalue weighted by Crippen LogP contribution is -2.50. The van der Waals surface area contributed by atoms with Crippen molar-refractivity contribution in [2.45, 2.75) is 18.4 Å². The van der Waals surface area contributed by atoms with E-state index < -0.39 is 27.9 Å². The number of ether oxygens (including phenoxy) is 1. The zero-order chi connectivity index (χ0) is 14.8. The summed E-state index contributed by atoms with van der Waals surface area (Å²) in [6.07, 6.45) is 0.355. The van der Waals surface area contributed by atoms with E-state index >= 15 is 0 Å². The van der Waals surface area contributed by atoms with Gasteiger partial charge in [0, 0.05) is 26.1 Å². The van der Waals surface area contributed by atoms with Crippen LogP contribution in [-0.2, 0) is 9.53 Å². The molecule has 1 aromatic rings. The summed E-state index contributed by atoms with van der Waals surface area (Å²) in [6, 6.07) is 2.98. The van der Waals surface area contributed by atoms with E-state index in [2.05, 4.69) is 5.32 Å².